The van der Waals surface area contributed by atoms with E-state index in [4.69, 9.17) is 23.1 Å². The van der Waals surface area contributed by atoms with Crippen LogP contribution >= 0.6 is 22.9 Å². The zero-order valence-electron chi connectivity index (χ0n) is 15.6. The lowest BCUT2D eigenvalue weighted by molar-refractivity contribution is 0.256. The molecule has 0 unspecified atom stereocenters. The number of nitrogen functional groups attached to an aromatic ring is 1. The first kappa shape index (κ1) is 19.2. The summed E-state index contributed by atoms with van der Waals surface area (Å²) in [7, 11) is 0. The fourth-order valence-corrected chi connectivity index (χ4v) is 4.56. The van der Waals surface area contributed by atoms with Gasteiger partial charge in [0.25, 0.3) is 0 Å². The first-order valence-electron chi connectivity index (χ1n) is 8.97. The van der Waals surface area contributed by atoms with Crippen LogP contribution in [0.3, 0.4) is 0 Å². The molecule has 0 fully saturated rings. The molecule has 0 aliphatic rings. The van der Waals surface area contributed by atoms with Gasteiger partial charge in [-0.15, -0.1) is 11.3 Å². The molecule has 4 N–H and O–H groups in total. The molecule has 0 aliphatic carbocycles. The van der Waals surface area contributed by atoms with Crippen molar-refractivity contribution in [1.82, 2.24) is 9.97 Å². The number of nitrogens with two attached hydrogens (primary N) is 2. The van der Waals surface area contributed by atoms with Gasteiger partial charge < -0.3 is 11.5 Å². The Morgan fingerprint density at radius 1 is 1.07 bits per heavy atom. The lowest BCUT2D eigenvalue weighted by atomic mass is 10.0. The number of hydrogen-bond acceptors (Lipinski definition) is 5. The number of thiophene rings is 1. The van der Waals surface area contributed by atoms with Crippen LogP contribution in [0.25, 0.3) is 21.3 Å². The Morgan fingerprint density at radius 3 is 2.28 bits per heavy atom. The van der Waals surface area contributed by atoms with Crippen molar-refractivity contribution in [3.05, 3.63) is 64.8 Å². The Balaban J connectivity index is 1.79. The van der Waals surface area contributed by atoms with Crippen LogP contribution in [0.5, 0.6) is 0 Å². The largest absolute Gasteiger partial charge is 0.383 e. The fourth-order valence-electron chi connectivity index (χ4n) is 3.33. The summed E-state index contributed by atoms with van der Waals surface area (Å²) < 4.78 is 0. The summed E-state index contributed by atoms with van der Waals surface area (Å²) in [5.74, 6) is 0.463. The second-order valence-electron chi connectivity index (χ2n) is 6.39. The molecule has 8 heteroatoms. The highest BCUT2D eigenvalue weighted by Gasteiger charge is 2.19. The van der Waals surface area contributed by atoms with Crippen LogP contribution in [0.15, 0.2) is 54.9 Å². The van der Waals surface area contributed by atoms with E-state index in [2.05, 4.69) is 16.9 Å². The highest BCUT2D eigenvalue weighted by molar-refractivity contribution is 7.19. The molecule has 0 bridgehead atoms. The van der Waals surface area contributed by atoms with Gasteiger partial charge in [-0.1, -0.05) is 30.7 Å². The second-order valence-corrected chi connectivity index (χ2v) is 7.91. The maximum atomic E-state index is 12.1. The number of benzene rings is 2. The van der Waals surface area contributed by atoms with E-state index in [0.717, 1.165) is 27.8 Å². The van der Waals surface area contributed by atoms with Gasteiger partial charge in [0.15, 0.2) is 0 Å². The SMILES string of the molecule is CCc1sc2ncnc(N)c2c1-c1ccc(N(C(N)=O)c2ccc(Cl)cc2)cc1. The Bertz CT molecular complexity index is 1190. The molecule has 0 saturated heterocycles. The fraction of sp³-hybridized carbons (Fsp3) is 0.0952. The molecule has 29 heavy (non-hydrogen) atoms. The van der Waals surface area contributed by atoms with Crippen molar-refractivity contribution in [3.8, 4) is 11.1 Å². The summed E-state index contributed by atoms with van der Waals surface area (Å²) in [6.45, 7) is 2.10. The number of anilines is 3. The van der Waals surface area contributed by atoms with Gasteiger partial charge in [0, 0.05) is 15.5 Å². The van der Waals surface area contributed by atoms with Gasteiger partial charge in [0.1, 0.15) is 17.0 Å². The van der Waals surface area contributed by atoms with Gasteiger partial charge in [-0.3, -0.25) is 4.90 Å². The standard InChI is InChI=1S/C21H18ClN5OS/c1-2-16-17(18-19(23)25-11-26-20(18)29-16)12-3-7-14(8-4-12)27(21(24)28)15-9-5-13(22)6-10-15/h3-11H,2H2,1H3,(H2,24,28)(H2,23,25,26). The van der Waals surface area contributed by atoms with Crippen LogP contribution in [0.4, 0.5) is 22.0 Å². The molecule has 0 spiro atoms. The number of urea groups is 1. The average Bonchev–Trinajstić information content (AvgIpc) is 3.10. The van der Waals surface area contributed by atoms with E-state index in [0.29, 0.717) is 22.2 Å². The molecule has 2 aromatic heterocycles. The first-order valence-corrected chi connectivity index (χ1v) is 10.2. The topological polar surface area (TPSA) is 98.1 Å². The highest BCUT2D eigenvalue weighted by atomic mass is 35.5. The van der Waals surface area contributed by atoms with Crippen LogP contribution < -0.4 is 16.4 Å². The number of primary amides is 1. The van der Waals surface area contributed by atoms with E-state index in [1.54, 1.807) is 35.6 Å². The van der Waals surface area contributed by atoms with Crippen molar-refractivity contribution in [2.45, 2.75) is 13.3 Å². The molecule has 0 atom stereocenters. The smallest absolute Gasteiger partial charge is 0.323 e. The normalized spacial score (nSPS) is 11.0. The summed E-state index contributed by atoms with van der Waals surface area (Å²) >= 11 is 7.57. The van der Waals surface area contributed by atoms with Crippen molar-refractivity contribution >= 4 is 56.4 Å². The number of fused-ring (bicyclic) bond motifs is 1. The molecule has 0 radical (unpaired) electrons. The maximum absolute atomic E-state index is 12.1. The first-order chi connectivity index (χ1) is 14.0. The molecular weight excluding hydrogens is 406 g/mol. The summed E-state index contributed by atoms with van der Waals surface area (Å²) in [4.78, 5) is 24.1. The third-order valence-electron chi connectivity index (χ3n) is 4.63. The molecule has 0 aliphatic heterocycles. The predicted molar refractivity (Wildman–Crippen MR) is 120 cm³/mol. The van der Waals surface area contributed by atoms with Crippen LogP contribution in [-0.4, -0.2) is 16.0 Å². The van der Waals surface area contributed by atoms with Crippen molar-refractivity contribution in [2.75, 3.05) is 10.6 Å². The summed E-state index contributed by atoms with van der Waals surface area (Å²) in [6.07, 6.45) is 2.34. The predicted octanol–water partition coefficient (Wildman–Crippen LogP) is 5.37. The van der Waals surface area contributed by atoms with Gasteiger partial charge in [0.2, 0.25) is 0 Å². The number of amides is 2. The highest BCUT2D eigenvalue weighted by Crippen LogP contribution is 2.41. The second kappa shape index (κ2) is 7.69. The third kappa shape index (κ3) is 3.50. The number of hydrogen-bond donors (Lipinski definition) is 2. The minimum atomic E-state index is -0.576. The lowest BCUT2D eigenvalue weighted by Gasteiger charge is -2.21. The lowest BCUT2D eigenvalue weighted by Crippen LogP contribution is -2.31. The Morgan fingerprint density at radius 2 is 1.69 bits per heavy atom. The molecule has 2 aromatic carbocycles. The Kier molecular flexibility index (Phi) is 5.08. The average molecular weight is 424 g/mol. The zero-order valence-corrected chi connectivity index (χ0v) is 17.2. The molecule has 2 amide bonds. The van der Waals surface area contributed by atoms with Gasteiger partial charge in [0.05, 0.1) is 16.8 Å². The number of nitrogens with zero attached hydrogens (tertiary/aromatic N) is 3. The number of aromatic nitrogens is 2. The summed E-state index contributed by atoms with van der Waals surface area (Å²) in [6, 6.07) is 14.0. The van der Waals surface area contributed by atoms with E-state index in [1.165, 1.54) is 16.1 Å². The summed E-state index contributed by atoms with van der Waals surface area (Å²) in [5, 5.41) is 1.45. The number of halogens is 1. The maximum Gasteiger partial charge on any atom is 0.323 e. The summed E-state index contributed by atoms with van der Waals surface area (Å²) in [5.41, 5.74) is 15.1. The van der Waals surface area contributed by atoms with E-state index in [9.17, 15) is 4.79 Å². The van der Waals surface area contributed by atoms with Crippen LogP contribution in [-0.2, 0) is 6.42 Å². The van der Waals surface area contributed by atoms with Gasteiger partial charge in [-0.05, 0) is 48.4 Å². The van der Waals surface area contributed by atoms with Gasteiger partial charge >= 0.3 is 6.03 Å². The number of carbonyl (C=O) groups excluding carboxylic acids is 1. The number of carbonyl (C=O) groups is 1. The third-order valence-corrected chi connectivity index (χ3v) is 6.13. The van der Waals surface area contributed by atoms with E-state index >= 15 is 0 Å². The Labute approximate surface area is 176 Å². The molecule has 0 saturated carbocycles. The number of aryl methyl sites for hydroxylation is 1. The van der Waals surface area contributed by atoms with Gasteiger partial charge in [-0.2, -0.15) is 0 Å². The molecular formula is C21H18ClN5OS. The van der Waals surface area contributed by atoms with E-state index in [-0.39, 0.29) is 0 Å². The molecule has 6 nitrogen and oxygen atoms in total. The van der Waals surface area contributed by atoms with Gasteiger partial charge in [-0.25, -0.2) is 14.8 Å². The van der Waals surface area contributed by atoms with Crippen LogP contribution in [0, 0.1) is 0 Å². The quantitative estimate of drug-likeness (QED) is 0.460. The molecule has 146 valence electrons. The molecule has 4 aromatic rings. The van der Waals surface area contributed by atoms with Crippen LogP contribution in [0.1, 0.15) is 11.8 Å². The minimum absolute atomic E-state index is 0.463. The van der Waals surface area contributed by atoms with Crippen LogP contribution in [0.2, 0.25) is 5.02 Å². The number of rotatable bonds is 4. The van der Waals surface area contributed by atoms with Crippen molar-refractivity contribution < 1.29 is 4.79 Å². The molecule has 4 rings (SSSR count). The molecule has 2 heterocycles. The van der Waals surface area contributed by atoms with E-state index < -0.39 is 6.03 Å². The van der Waals surface area contributed by atoms with Crippen molar-refractivity contribution in [1.29, 1.82) is 0 Å². The Hall–Kier alpha value is -3.16. The minimum Gasteiger partial charge on any atom is -0.383 e. The van der Waals surface area contributed by atoms with Crippen molar-refractivity contribution in [3.63, 3.8) is 0 Å². The van der Waals surface area contributed by atoms with E-state index in [1.807, 2.05) is 24.3 Å². The van der Waals surface area contributed by atoms with Crippen molar-refractivity contribution in [2.24, 2.45) is 5.73 Å². The monoisotopic (exact) mass is 423 g/mol. The zero-order chi connectivity index (χ0) is 20.5.